The van der Waals surface area contributed by atoms with Gasteiger partial charge in [-0.2, -0.15) is 0 Å². The van der Waals surface area contributed by atoms with Crippen LogP contribution in [0.15, 0.2) is 48.5 Å². The molecule has 2 aromatic carbocycles. The molecule has 4 rings (SSSR count). The smallest absolute Gasteiger partial charge is 0.238 e. The largest absolute Gasteiger partial charge is 0.326 e. The maximum atomic E-state index is 12.6. The first-order chi connectivity index (χ1) is 14.2. The van der Waals surface area contributed by atoms with Gasteiger partial charge in [0.15, 0.2) is 0 Å². The molecule has 2 amide bonds. The summed E-state index contributed by atoms with van der Waals surface area (Å²) in [6, 6.07) is 16.2. The lowest BCUT2D eigenvalue weighted by Gasteiger charge is -2.25. The number of nitrogens with zero attached hydrogens (tertiary/aromatic N) is 1. The first-order valence-corrected chi connectivity index (χ1v) is 11.6. The maximum absolute atomic E-state index is 12.6. The van der Waals surface area contributed by atoms with Crippen LogP contribution in [0.25, 0.3) is 0 Å². The summed E-state index contributed by atoms with van der Waals surface area (Å²) in [4.78, 5) is 27.0. The highest BCUT2D eigenvalue weighted by molar-refractivity contribution is 8.00. The number of amides is 2. The van der Waals surface area contributed by atoms with E-state index >= 15 is 0 Å². The topological polar surface area (TPSA) is 49.4 Å². The zero-order chi connectivity index (χ0) is 20.2. The number of nitrogens with one attached hydrogen (secondary N) is 1. The molecule has 4 nitrogen and oxygen atoms in total. The van der Waals surface area contributed by atoms with Gasteiger partial charge in [0, 0.05) is 17.3 Å². The molecule has 2 aliphatic rings. The van der Waals surface area contributed by atoms with Crippen LogP contribution in [0.2, 0.25) is 0 Å². The average molecular weight is 409 g/mol. The van der Waals surface area contributed by atoms with Crippen LogP contribution in [0.4, 0.5) is 11.4 Å². The van der Waals surface area contributed by atoms with Crippen molar-refractivity contribution in [3.63, 3.8) is 0 Å². The first kappa shape index (κ1) is 20.0. The van der Waals surface area contributed by atoms with E-state index in [0.29, 0.717) is 5.75 Å². The second-order valence-corrected chi connectivity index (χ2v) is 8.97. The molecule has 29 heavy (non-hydrogen) atoms. The number of anilines is 2. The van der Waals surface area contributed by atoms with Crippen LogP contribution in [-0.4, -0.2) is 17.6 Å². The third kappa shape index (κ3) is 4.50. The Balaban J connectivity index is 1.48. The Bertz CT molecular complexity index is 875. The van der Waals surface area contributed by atoms with E-state index in [4.69, 9.17) is 0 Å². The monoisotopic (exact) mass is 408 g/mol. The van der Waals surface area contributed by atoms with Crippen LogP contribution in [0.3, 0.4) is 0 Å². The molecule has 2 fully saturated rings. The molecule has 0 aromatic heterocycles. The highest BCUT2D eigenvalue weighted by Crippen LogP contribution is 2.42. The van der Waals surface area contributed by atoms with Crippen LogP contribution in [0.1, 0.15) is 55.5 Å². The summed E-state index contributed by atoms with van der Waals surface area (Å²) >= 11 is 1.65. The van der Waals surface area contributed by atoms with Crippen LogP contribution in [-0.2, 0) is 16.0 Å². The first-order valence-electron chi connectivity index (χ1n) is 10.6. The summed E-state index contributed by atoms with van der Waals surface area (Å²) in [7, 11) is 0. The van der Waals surface area contributed by atoms with E-state index in [0.717, 1.165) is 49.0 Å². The summed E-state index contributed by atoms with van der Waals surface area (Å²) in [5.41, 5.74) is 4.10. The maximum Gasteiger partial charge on any atom is 0.238 e. The predicted molar refractivity (Wildman–Crippen MR) is 120 cm³/mol. The number of hydrogen-bond acceptors (Lipinski definition) is 3. The number of aryl methyl sites for hydroxylation is 1. The molecular formula is C24H28N2O2S. The fraction of sp³-hybridized carbons (Fsp3) is 0.417. The minimum atomic E-state index is -0.0299. The van der Waals surface area contributed by atoms with Gasteiger partial charge >= 0.3 is 0 Å². The molecule has 1 N–H and O–H groups in total. The predicted octanol–water partition coefficient (Wildman–Crippen LogP) is 5.55. The fourth-order valence-corrected chi connectivity index (χ4v) is 5.39. The van der Waals surface area contributed by atoms with Crippen LogP contribution < -0.4 is 10.2 Å². The summed E-state index contributed by atoms with van der Waals surface area (Å²) in [5, 5.41) is 3.04. The molecule has 0 unspecified atom stereocenters. The van der Waals surface area contributed by atoms with Crippen molar-refractivity contribution in [1.82, 2.24) is 0 Å². The standard InChI is InChI=1S/C24H28N2O2S/c1-2-17-7-6-10-21(15-17)26-22(27)16-29-24(26)19-11-13-20(14-12-19)25-23(28)18-8-4-3-5-9-18/h6-7,10-15,18,24H,2-5,8-9,16H2,1H3,(H,25,28)/t24-/m0/s1. The lowest BCUT2D eigenvalue weighted by atomic mass is 9.88. The van der Waals surface area contributed by atoms with E-state index in [1.165, 1.54) is 12.0 Å². The number of carbonyl (C=O) groups excluding carboxylic acids is 2. The van der Waals surface area contributed by atoms with E-state index in [1.807, 2.05) is 41.3 Å². The highest BCUT2D eigenvalue weighted by Gasteiger charge is 2.34. The third-order valence-corrected chi connectivity index (χ3v) is 7.12. The van der Waals surface area contributed by atoms with Gasteiger partial charge in [-0.3, -0.25) is 14.5 Å². The van der Waals surface area contributed by atoms with Crippen molar-refractivity contribution in [1.29, 1.82) is 0 Å². The number of thioether (sulfide) groups is 1. The van der Waals surface area contributed by atoms with E-state index in [-0.39, 0.29) is 23.1 Å². The Morgan fingerprint density at radius 3 is 2.59 bits per heavy atom. The molecule has 0 radical (unpaired) electrons. The van der Waals surface area contributed by atoms with E-state index in [1.54, 1.807) is 11.8 Å². The van der Waals surface area contributed by atoms with E-state index in [9.17, 15) is 9.59 Å². The van der Waals surface area contributed by atoms with Gasteiger partial charge in [-0.25, -0.2) is 0 Å². The lowest BCUT2D eigenvalue weighted by molar-refractivity contribution is -0.120. The normalized spacial score (nSPS) is 20.1. The molecule has 1 atom stereocenters. The second kappa shape index (κ2) is 9.04. The molecule has 152 valence electrons. The van der Waals surface area contributed by atoms with Crippen molar-refractivity contribution in [2.45, 2.75) is 50.8 Å². The molecule has 5 heteroatoms. The molecule has 1 saturated carbocycles. The quantitative estimate of drug-likeness (QED) is 0.706. The summed E-state index contributed by atoms with van der Waals surface area (Å²) < 4.78 is 0. The molecule has 1 saturated heterocycles. The van der Waals surface area contributed by atoms with Gasteiger partial charge in [0.2, 0.25) is 11.8 Å². The third-order valence-electron chi connectivity index (χ3n) is 5.90. The van der Waals surface area contributed by atoms with Crippen LogP contribution in [0.5, 0.6) is 0 Å². The molecule has 2 aromatic rings. The molecule has 0 bridgehead atoms. The van der Waals surface area contributed by atoms with Gasteiger partial charge in [0.05, 0.1) is 5.75 Å². The Labute approximate surface area is 177 Å². The molecule has 0 spiro atoms. The Kier molecular flexibility index (Phi) is 6.24. The number of hydrogen-bond donors (Lipinski definition) is 1. The average Bonchev–Trinajstić information content (AvgIpc) is 3.16. The molecule has 1 aliphatic carbocycles. The fourth-order valence-electron chi connectivity index (χ4n) is 4.22. The van der Waals surface area contributed by atoms with Crippen molar-refractivity contribution in [2.75, 3.05) is 16.0 Å². The number of benzene rings is 2. The Hall–Kier alpha value is -2.27. The van der Waals surface area contributed by atoms with Gasteiger partial charge < -0.3 is 5.32 Å². The van der Waals surface area contributed by atoms with Crippen molar-refractivity contribution < 1.29 is 9.59 Å². The minimum absolute atomic E-state index is 0.0299. The molecule has 1 aliphatic heterocycles. The van der Waals surface area contributed by atoms with Crippen molar-refractivity contribution in [3.05, 3.63) is 59.7 Å². The Morgan fingerprint density at radius 2 is 1.86 bits per heavy atom. The summed E-state index contributed by atoms with van der Waals surface area (Å²) in [6.07, 6.45) is 6.49. The summed E-state index contributed by atoms with van der Waals surface area (Å²) in [5.74, 6) is 0.915. The second-order valence-electron chi connectivity index (χ2n) is 7.90. The van der Waals surface area contributed by atoms with Gasteiger partial charge in [-0.05, 0) is 54.7 Å². The zero-order valence-corrected chi connectivity index (χ0v) is 17.7. The van der Waals surface area contributed by atoms with Crippen molar-refractivity contribution in [2.24, 2.45) is 5.92 Å². The van der Waals surface area contributed by atoms with Crippen LogP contribution in [0, 0.1) is 5.92 Å². The molecular weight excluding hydrogens is 380 g/mol. The zero-order valence-electron chi connectivity index (χ0n) is 16.9. The Morgan fingerprint density at radius 1 is 1.10 bits per heavy atom. The summed E-state index contributed by atoms with van der Waals surface area (Å²) in [6.45, 7) is 2.12. The van der Waals surface area contributed by atoms with Gasteiger partial charge in [0.25, 0.3) is 0 Å². The SMILES string of the molecule is CCc1cccc(N2C(=O)CS[C@H]2c2ccc(NC(=O)C3CCCCC3)cc2)c1. The minimum Gasteiger partial charge on any atom is -0.326 e. The van der Waals surface area contributed by atoms with Crippen molar-refractivity contribution >= 4 is 35.0 Å². The molecule has 1 heterocycles. The van der Waals surface area contributed by atoms with Crippen LogP contribution >= 0.6 is 11.8 Å². The van der Waals surface area contributed by atoms with E-state index in [2.05, 4.69) is 24.4 Å². The van der Waals surface area contributed by atoms with E-state index < -0.39 is 0 Å². The van der Waals surface area contributed by atoms with Crippen molar-refractivity contribution in [3.8, 4) is 0 Å². The van der Waals surface area contributed by atoms with Gasteiger partial charge in [-0.15, -0.1) is 11.8 Å². The lowest BCUT2D eigenvalue weighted by Crippen LogP contribution is -2.28. The highest BCUT2D eigenvalue weighted by atomic mass is 32.2. The number of rotatable bonds is 5. The van der Waals surface area contributed by atoms with Gasteiger partial charge in [0.1, 0.15) is 5.37 Å². The van der Waals surface area contributed by atoms with Gasteiger partial charge in [-0.1, -0.05) is 50.5 Å². The number of carbonyl (C=O) groups is 2.